The molecule has 0 spiro atoms. The van der Waals surface area contributed by atoms with Crippen molar-refractivity contribution in [2.45, 2.75) is 6.54 Å². The van der Waals surface area contributed by atoms with E-state index in [1.807, 2.05) is 6.20 Å². The topological polar surface area (TPSA) is 69.6 Å². The summed E-state index contributed by atoms with van der Waals surface area (Å²) in [5.74, 6) is 0.745. The van der Waals surface area contributed by atoms with Gasteiger partial charge in [0.1, 0.15) is 6.33 Å². The minimum atomic E-state index is 0.438. The lowest BCUT2D eigenvalue weighted by Crippen LogP contribution is -1.96. The maximum absolute atomic E-state index is 5.43. The Hall–Kier alpha value is -1.75. The van der Waals surface area contributed by atoms with Crippen LogP contribution in [0.3, 0.4) is 0 Å². The average Bonchev–Trinajstić information content (AvgIpc) is 2.67. The van der Waals surface area contributed by atoms with Crippen LogP contribution in [-0.4, -0.2) is 19.5 Å². The minimum Gasteiger partial charge on any atom is -0.325 e. The zero-order valence-electron chi connectivity index (χ0n) is 6.96. The molecule has 2 N–H and O–H groups in total. The van der Waals surface area contributed by atoms with E-state index in [0.717, 1.165) is 11.5 Å². The highest BCUT2D eigenvalue weighted by atomic mass is 15.1. The molecule has 0 aliphatic rings. The van der Waals surface area contributed by atoms with Crippen LogP contribution in [0.25, 0.3) is 5.82 Å². The molecule has 0 fully saturated rings. The van der Waals surface area contributed by atoms with E-state index in [0.29, 0.717) is 6.54 Å². The van der Waals surface area contributed by atoms with E-state index in [-0.39, 0.29) is 0 Å². The van der Waals surface area contributed by atoms with E-state index in [2.05, 4.69) is 15.0 Å². The van der Waals surface area contributed by atoms with Gasteiger partial charge in [-0.1, -0.05) is 0 Å². The van der Waals surface area contributed by atoms with Crippen molar-refractivity contribution >= 4 is 0 Å². The van der Waals surface area contributed by atoms with Crippen molar-refractivity contribution in [2.24, 2.45) is 5.73 Å². The molecule has 2 aromatic rings. The fraction of sp³-hybridized carbons (Fsp3) is 0.125. The van der Waals surface area contributed by atoms with E-state index in [4.69, 9.17) is 5.73 Å². The molecule has 66 valence electrons. The summed E-state index contributed by atoms with van der Waals surface area (Å²) < 4.78 is 1.79. The van der Waals surface area contributed by atoms with Crippen LogP contribution in [0.5, 0.6) is 0 Å². The maximum atomic E-state index is 5.43. The third-order valence-corrected chi connectivity index (χ3v) is 1.66. The second kappa shape index (κ2) is 3.32. The fourth-order valence-electron chi connectivity index (χ4n) is 1.02. The lowest BCUT2D eigenvalue weighted by molar-refractivity contribution is 0.968. The van der Waals surface area contributed by atoms with Crippen molar-refractivity contribution in [3.05, 3.63) is 36.8 Å². The molecule has 5 nitrogen and oxygen atoms in total. The molecular formula is C8H9N5. The summed E-state index contributed by atoms with van der Waals surface area (Å²) in [4.78, 5) is 12.2. The zero-order valence-corrected chi connectivity index (χ0v) is 6.96. The third kappa shape index (κ3) is 1.54. The molecule has 13 heavy (non-hydrogen) atoms. The molecule has 0 aromatic carbocycles. The Morgan fingerprint density at radius 1 is 1.31 bits per heavy atom. The largest absolute Gasteiger partial charge is 0.325 e. The van der Waals surface area contributed by atoms with Gasteiger partial charge in [0.15, 0.2) is 5.82 Å². The molecule has 2 aromatic heterocycles. The summed E-state index contributed by atoms with van der Waals surface area (Å²) in [5.41, 5.74) is 6.27. The predicted molar refractivity (Wildman–Crippen MR) is 47.0 cm³/mol. The van der Waals surface area contributed by atoms with E-state index in [1.165, 1.54) is 0 Å². The highest BCUT2D eigenvalue weighted by molar-refractivity contribution is 5.18. The SMILES string of the molecule is NCc1cn(-c2cnccn2)cn1. The Morgan fingerprint density at radius 2 is 2.23 bits per heavy atom. The van der Waals surface area contributed by atoms with Gasteiger partial charge in [0.25, 0.3) is 0 Å². The predicted octanol–water partition coefficient (Wildman–Crippen LogP) is 0.121. The van der Waals surface area contributed by atoms with Crippen LogP contribution in [0, 0.1) is 0 Å². The van der Waals surface area contributed by atoms with Gasteiger partial charge >= 0.3 is 0 Å². The molecule has 2 rings (SSSR count). The van der Waals surface area contributed by atoms with Crippen molar-refractivity contribution < 1.29 is 0 Å². The van der Waals surface area contributed by atoms with Crippen LogP contribution in [0.1, 0.15) is 5.69 Å². The van der Waals surface area contributed by atoms with Crippen LogP contribution in [0.2, 0.25) is 0 Å². The molecule has 0 atom stereocenters. The highest BCUT2D eigenvalue weighted by Gasteiger charge is 1.98. The Bertz CT molecular complexity index is 380. The molecule has 0 saturated carbocycles. The number of rotatable bonds is 2. The third-order valence-electron chi connectivity index (χ3n) is 1.66. The van der Waals surface area contributed by atoms with E-state index in [1.54, 1.807) is 29.5 Å². The van der Waals surface area contributed by atoms with Crippen LogP contribution in [-0.2, 0) is 6.54 Å². The van der Waals surface area contributed by atoms with E-state index >= 15 is 0 Å². The molecule has 0 aliphatic heterocycles. The van der Waals surface area contributed by atoms with E-state index < -0.39 is 0 Å². The molecule has 0 unspecified atom stereocenters. The lowest BCUT2D eigenvalue weighted by atomic mass is 10.5. The number of imidazole rings is 1. The van der Waals surface area contributed by atoms with Crippen molar-refractivity contribution in [1.82, 2.24) is 19.5 Å². The van der Waals surface area contributed by atoms with Crippen LogP contribution < -0.4 is 5.73 Å². The van der Waals surface area contributed by atoms with Crippen molar-refractivity contribution in [3.63, 3.8) is 0 Å². The van der Waals surface area contributed by atoms with Gasteiger partial charge in [0.05, 0.1) is 11.9 Å². The summed E-state index contributed by atoms with van der Waals surface area (Å²) >= 11 is 0. The number of nitrogens with zero attached hydrogens (tertiary/aromatic N) is 4. The van der Waals surface area contributed by atoms with Gasteiger partial charge in [-0.15, -0.1) is 0 Å². The number of hydrogen-bond donors (Lipinski definition) is 1. The molecule has 0 saturated heterocycles. The van der Waals surface area contributed by atoms with Gasteiger partial charge in [-0.3, -0.25) is 9.55 Å². The smallest absolute Gasteiger partial charge is 0.156 e. The van der Waals surface area contributed by atoms with Gasteiger partial charge in [0.2, 0.25) is 0 Å². The average molecular weight is 175 g/mol. The Balaban J connectivity index is 2.36. The normalized spacial score (nSPS) is 10.2. The van der Waals surface area contributed by atoms with Gasteiger partial charge in [-0.25, -0.2) is 9.97 Å². The van der Waals surface area contributed by atoms with Crippen molar-refractivity contribution in [2.75, 3.05) is 0 Å². The number of nitrogens with two attached hydrogens (primary N) is 1. The molecule has 0 aliphatic carbocycles. The molecule has 5 heteroatoms. The lowest BCUT2D eigenvalue weighted by Gasteiger charge is -1.96. The van der Waals surface area contributed by atoms with Crippen molar-refractivity contribution in [1.29, 1.82) is 0 Å². The second-order valence-corrected chi connectivity index (χ2v) is 2.54. The number of hydrogen-bond acceptors (Lipinski definition) is 4. The fourth-order valence-corrected chi connectivity index (χ4v) is 1.02. The highest BCUT2D eigenvalue weighted by Crippen LogP contribution is 2.02. The first-order valence-corrected chi connectivity index (χ1v) is 3.89. The first-order chi connectivity index (χ1) is 6.40. The molecule has 2 heterocycles. The van der Waals surface area contributed by atoms with Gasteiger partial charge < -0.3 is 5.73 Å². The Kier molecular flexibility index (Phi) is 2.01. The zero-order chi connectivity index (χ0) is 9.10. The van der Waals surface area contributed by atoms with Gasteiger partial charge in [0, 0.05) is 25.1 Å². The Labute approximate surface area is 75.3 Å². The number of aromatic nitrogens is 4. The first kappa shape index (κ1) is 7.88. The minimum absolute atomic E-state index is 0.438. The summed E-state index contributed by atoms with van der Waals surface area (Å²) in [6, 6.07) is 0. The second-order valence-electron chi connectivity index (χ2n) is 2.54. The summed E-state index contributed by atoms with van der Waals surface area (Å²) in [5, 5.41) is 0. The van der Waals surface area contributed by atoms with Gasteiger partial charge in [-0.2, -0.15) is 0 Å². The monoisotopic (exact) mass is 175 g/mol. The quantitative estimate of drug-likeness (QED) is 0.703. The molecule has 0 radical (unpaired) electrons. The Morgan fingerprint density at radius 3 is 2.85 bits per heavy atom. The van der Waals surface area contributed by atoms with Gasteiger partial charge in [-0.05, 0) is 0 Å². The van der Waals surface area contributed by atoms with Crippen LogP contribution in [0.15, 0.2) is 31.1 Å². The maximum Gasteiger partial charge on any atom is 0.156 e. The first-order valence-electron chi connectivity index (χ1n) is 3.89. The molecule has 0 bridgehead atoms. The molecule has 0 amide bonds. The standard InChI is InChI=1S/C8H9N5/c9-3-7-5-13(6-12-7)8-4-10-1-2-11-8/h1-2,4-6H,3,9H2. The summed E-state index contributed by atoms with van der Waals surface area (Å²) in [6.07, 6.45) is 8.44. The van der Waals surface area contributed by atoms with Crippen molar-refractivity contribution in [3.8, 4) is 5.82 Å². The molecular weight excluding hydrogens is 166 g/mol. The van der Waals surface area contributed by atoms with E-state index in [9.17, 15) is 0 Å². The summed E-state index contributed by atoms with van der Waals surface area (Å²) in [7, 11) is 0. The van der Waals surface area contributed by atoms with Crippen LogP contribution >= 0.6 is 0 Å². The summed E-state index contributed by atoms with van der Waals surface area (Å²) in [6.45, 7) is 0.438. The van der Waals surface area contributed by atoms with Crippen LogP contribution in [0.4, 0.5) is 0 Å².